The third-order valence-corrected chi connectivity index (χ3v) is 7.22. The number of pyridine rings is 1. The summed E-state index contributed by atoms with van der Waals surface area (Å²) in [7, 11) is 2.17. The molecule has 6 nitrogen and oxygen atoms in total. The molecule has 0 spiro atoms. The van der Waals surface area contributed by atoms with Gasteiger partial charge in [0.2, 0.25) is 11.8 Å². The highest BCUT2D eigenvalue weighted by atomic mass is 32.1. The molecule has 3 atom stereocenters. The molecular weight excluding hydrogens is 396 g/mol. The van der Waals surface area contributed by atoms with Gasteiger partial charge in [-0.1, -0.05) is 17.4 Å². The number of likely N-dealkylation sites (tertiary alicyclic amines) is 1. The zero-order chi connectivity index (χ0) is 20.7. The van der Waals surface area contributed by atoms with E-state index < -0.39 is 0 Å². The summed E-state index contributed by atoms with van der Waals surface area (Å²) < 4.78 is 6.57. The quantitative estimate of drug-likeness (QED) is 0.665. The van der Waals surface area contributed by atoms with Gasteiger partial charge in [-0.05, 0) is 68.0 Å². The van der Waals surface area contributed by atoms with Crippen LogP contribution >= 0.6 is 11.3 Å². The molecule has 1 N–H and O–H groups in total. The number of hydrogen-bond donors (Lipinski definition) is 1. The van der Waals surface area contributed by atoms with Crippen LogP contribution in [0.4, 0.5) is 5.13 Å². The van der Waals surface area contributed by atoms with Gasteiger partial charge in [0.05, 0.1) is 16.8 Å². The third kappa shape index (κ3) is 3.79. The molecule has 2 aromatic heterocycles. The van der Waals surface area contributed by atoms with E-state index in [4.69, 9.17) is 4.74 Å². The van der Waals surface area contributed by atoms with Gasteiger partial charge in [-0.15, -0.1) is 0 Å². The highest BCUT2D eigenvalue weighted by Gasteiger charge is 2.42. The molecular formula is C23H26N4O2S. The predicted octanol–water partition coefficient (Wildman–Crippen LogP) is 4.28. The molecule has 0 radical (unpaired) electrons. The number of thiazole rings is 1. The van der Waals surface area contributed by atoms with Crippen LogP contribution in [0.3, 0.4) is 0 Å². The molecule has 156 valence electrons. The topological polar surface area (TPSA) is 67.3 Å². The van der Waals surface area contributed by atoms with Crippen molar-refractivity contribution in [3.05, 3.63) is 36.5 Å². The number of fused-ring (bicyclic) bond motifs is 2. The number of carbonyl (C=O) groups excluding carboxylic acids is 1. The zero-order valence-electron chi connectivity index (χ0n) is 17.3. The van der Waals surface area contributed by atoms with Gasteiger partial charge >= 0.3 is 0 Å². The monoisotopic (exact) mass is 422 g/mol. The number of amides is 1. The number of aromatic nitrogens is 2. The van der Waals surface area contributed by atoms with Crippen LogP contribution in [0, 0.1) is 17.8 Å². The largest absolute Gasteiger partial charge is 0.478 e. The van der Waals surface area contributed by atoms with Crippen LogP contribution < -0.4 is 10.1 Å². The Kier molecular flexibility index (Phi) is 5.16. The van der Waals surface area contributed by atoms with E-state index in [0.29, 0.717) is 29.5 Å². The van der Waals surface area contributed by atoms with E-state index in [2.05, 4.69) is 33.3 Å². The molecule has 3 heterocycles. The molecule has 2 aliphatic rings. The third-order valence-electron chi connectivity index (χ3n) is 6.28. The van der Waals surface area contributed by atoms with Crippen molar-refractivity contribution >= 4 is 32.6 Å². The van der Waals surface area contributed by atoms with Crippen molar-refractivity contribution in [1.29, 1.82) is 0 Å². The standard InChI is InChI=1S/C23H26N4O2S/c1-3-29-21-11-15(6-7-24-21)14-4-5-19-20(10-14)30-23(25-19)26-22(28)16-8-17-12-27(2)13-18(17)9-16/h4-7,10-11,16-18H,3,8-9,12-13H2,1-2H3,(H,25,26,28)/t16?,17-,18+. The lowest BCUT2D eigenvalue weighted by molar-refractivity contribution is -0.119. The molecule has 3 aromatic rings. The summed E-state index contributed by atoms with van der Waals surface area (Å²) >= 11 is 1.53. The maximum Gasteiger partial charge on any atom is 0.229 e. The van der Waals surface area contributed by atoms with Gasteiger partial charge in [0.15, 0.2) is 5.13 Å². The summed E-state index contributed by atoms with van der Waals surface area (Å²) in [5.41, 5.74) is 3.04. The van der Waals surface area contributed by atoms with Gasteiger partial charge in [-0.2, -0.15) is 0 Å². The highest BCUT2D eigenvalue weighted by Crippen LogP contribution is 2.41. The first kappa shape index (κ1) is 19.5. The van der Waals surface area contributed by atoms with Crippen molar-refractivity contribution in [1.82, 2.24) is 14.9 Å². The summed E-state index contributed by atoms with van der Waals surface area (Å²) in [5, 5.41) is 3.77. The number of rotatable bonds is 5. The molecule has 7 heteroatoms. The predicted molar refractivity (Wildman–Crippen MR) is 120 cm³/mol. The molecule has 1 saturated heterocycles. The maximum absolute atomic E-state index is 12.8. The average molecular weight is 423 g/mol. The number of ether oxygens (including phenoxy) is 1. The second-order valence-electron chi connectivity index (χ2n) is 8.42. The van der Waals surface area contributed by atoms with Gasteiger partial charge in [-0.25, -0.2) is 9.97 Å². The van der Waals surface area contributed by atoms with E-state index in [-0.39, 0.29) is 11.8 Å². The molecule has 1 aromatic carbocycles. The Bertz CT molecular complexity index is 1070. The van der Waals surface area contributed by atoms with Crippen molar-refractivity contribution in [2.24, 2.45) is 17.8 Å². The Hall–Kier alpha value is -2.51. The Labute approximate surface area is 180 Å². The Balaban J connectivity index is 1.31. The molecule has 30 heavy (non-hydrogen) atoms. The number of carbonyl (C=O) groups is 1. The minimum absolute atomic E-state index is 0.116. The van der Waals surface area contributed by atoms with Crippen LogP contribution in [0.25, 0.3) is 21.3 Å². The van der Waals surface area contributed by atoms with Gasteiger partial charge < -0.3 is 15.0 Å². The Morgan fingerprint density at radius 2 is 1.97 bits per heavy atom. The van der Waals surface area contributed by atoms with E-state index in [1.54, 1.807) is 6.20 Å². The van der Waals surface area contributed by atoms with Crippen molar-refractivity contribution < 1.29 is 9.53 Å². The number of hydrogen-bond acceptors (Lipinski definition) is 6. The molecule has 2 fully saturated rings. The second kappa shape index (κ2) is 7.96. The van der Waals surface area contributed by atoms with Gasteiger partial charge in [0.25, 0.3) is 0 Å². The van der Waals surface area contributed by atoms with E-state index >= 15 is 0 Å². The number of anilines is 1. The first-order valence-corrected chi connectivity index (χ1v) is 11.4. The highest BCUT2D eigenvalue weighted by molar-refractivity contribution is 7.22. The SMILES string of the molecule is CCOc1cc(-c2ccc3nc(NC(=O)C4C[C@@H]5CN(C)C[C@@H]5C4)sc3c2)ccn1. The van der Waals surface area contributed by atoms with Crippen LogP contribution in [-0.4, -0.2) is 47.5 Å². The fraction of sp³-hybridized carbons (Fsp3) is 0.435. The van der Waals surface area contributed by atoms with Gasteiger partial charge in [-0.3, -0.25) is 4.79 Å². The first-order valence-electron chi connectivity index (χ1n) is 10.6. The Morgan fingerprint density at radius 3 is 2.73 bits per heavy atom. The van der Waals surface area contributed by atoms with E-state index in [9.17, 15) is 4.79 Å². The summed E-state index contributed by atoms with van der Waals surface area (Å²) in [6.45, 7) is 4.78. The lowest BCUT2D eigenvalue weighted by Gasteiger charge is -2.13. The smallest absolute Gasteiger partial charge is 0.229 e. The van der Waals surface area contributed by atoms with Gasteiger partial charge in [0, 0.05) is 31.3 Å². The first-order chi connectivity index (χ1) is 14.6. The van der Waals surface area contributed by atoms with E-state index in [1.807, 2.05) is 31.2 Å². The van der Waals surface area contributed by atoms with Gasteiger partial charge in [0.1, 0.15) is 0 Å². The summed E-state index contributed by atoms with van der Waals surface area (Å²) in [4.78, 5) is 24.1. The van der Waals surface area contributed by atoms with Crippen LogP contribution in [-0.2, 0) is 4.79 Å². The molecule has 1 unspecified atom stereocenters. The zero-order valence-corrected chi connectivity index (χ0v) is 18.1. The maximum atomic E-state index is 12.8. The number of benzene rings is 1. The van der Waals surface area contributed by atoms with Crippen molar-refractivity contribution in [3.63, 3.8) is 0 Å². The van der Waals surface area contributed by atoms with Crippen molar-refractivity contribution in [3.8, 4) is 17.0 Å². The molecule has 1 aliphatic carbocycles. The molecule has 5 rings (SSSR count). The summed E-state index contributed by atoms with van der Waals surface area (Å²) in [5.74, 6) is 2.21. The minimum atomic E-state index is 0.116. The number of nitrogens with zero attached hydrogens (tertiary/aromatic N) is 3. The fourth-order valence-electron chi connectivity index (χ4n) is 4.93. The molecule has 1 amide bonds. The van der Waals surface area contributed by atoms with E-state index in [0.717, 1.165) is 47.3 Å². The molecule has 0 bridgehead atoms. The second-order valence-corrected chi connectivity index (χ2v) is 9.45. The van der Waals surface area contributed by atoms with Crippen molar-refractivity contribution in [2.45, 2.75) is 19.8 Å². The average Bonchev–Trinajstić information content (AvgIpc) is 3.40. The summed E-state index contributed by atoms with van der Waals surface area (Å²) in [6, 6.07) is 10.1. The lowest BCUT2D eigenvalue weighted by atomic mass is 10.0. The molecule has 1 saturated carbocycles. The summed E-state index contributed by atoms with van der Waals surface area (Å²) in [6.07, 6.45) is 3.76. The molecule has 1 aliphatic heterocycles. The van der Waals surface area contributed by atoms with Crippen LogP contribution in [0.2, 0.25) is 0 Å². The van der Waals surface area contributed by atoms with Crippen molar-refractivity contribution in [2.75, 3.05) is 32.1 Å². The number of nitrogens with one attached hydrogen (secondary N) is 1. The van der Waals surface area contributed by atoms with Crippen LogP contribution in [0.5, 0.6) is 5.88 Å². The lowest BCUT2D eigenvalue weighted by Crippen LogP contribution is -2.23. The van der Waals surface area contributed by atoms with Crippen LogP contribution in [0.1, 0.15) is 19.8 Å². The normalized spacial score (nSPS) is 23.6. The van der Waals surface area contributed by atoms with Crippen LogP contribution in [0.15, 0.2) is 36.5 Å². The van der Waals surface area contributed by atoms with E-state index in [1.165, 1.54) is 11.3 Å². The fourth-order valence-corrected chi connectivity index (χ4v) is 5.84. The minimum Gasteiger partial charge on any atom is -0.478 e. The Morgan fingerprint density at radius 1 is 1.20 bits per heavy atom.